The van der Waals surface area contributed by atoms with Gasteiger partial charge >= 0.3 is 5.97 Å². The number of piperidine rings is 1. The Labute approximate surface area is 198 Å². The third-order valence-corrected chi connectivity index (χ3v) is 6.33. The molecule has 4 rings (SSSR count). The lowest BCUT2D eigenvalue weighted by atomic mass is 9.97. The Morgan fingerprint density at radius 1 is 1.09 bits per heavy atom. The molecule has 172 valence electrons. The van der Waals surface area contributed by atoms with Gasteiger partial charge in [0.1, 0.15) is 5.82 Å². The third kappa shape index (κ3) is 5.45. The van der Waals surface area contributed by atoms with Crippen LogP contribution >= 0.6 is 11.6 Å². The zero-order valence-corrected chi connectivity index (χ0v) is 19.5. The van der Waals surface area contributed by atoms with Crippen LogP contribution in [0.5, 0.6) is 0 Å². The van der Waals surface area contributed by atoms with Gasteiger partial charge < -0.3 is 15.0 Å². The van der Waals surface area contributed by atoms with E-state index in [0.717, 1.165) is 49.1 Å². The van der Waals surface area contributed by atoms with Crippen LogP contribution in [0, 0.1) is 5.92 Å². The van der Waals surface area contributed by atoms with Crippen LogP contribution in [-0.2, 0) is 16.0 Å². The third-order valence-electron chi connectivity index (χ3n) is 6.01. The van der Waals surface area contributed by atoms with E-state index in [2.05, 4.69) is 10.2 Å². The molecule has 3 aromatic rings. The van der Waals surface area contributed by atoms with Crippen molar-refractivity contribution in [3.8, 4) is 0 Å². The number of amides is 1. The van der Waals surface area contributed by atoms with Gasteiger partial charge in [0.25, 0.3) is 5.91 Å². The van der Waals surface area contributed by atoms with Gasteiger partial charge in [0.2, 0.25) is 0 Å². The van der Waals surface area contributed by atoms with Crippen molar-refractivity contribution in [2.75, 3.05) is 31.1 Å². The number of carbonyl (C=O) groups is 2. The summed E-state index contributed by atoms with van der Waals surface area (Å²) in [4.78, 5) is 31.9. The number of anilines is 1. The Bertz CT molecular complexity index is 1130. The Morgan fingerprint density at radius 3 is 2.58 bits per heavy atom. The number of carbonyl (C=O) groups excluding carboxylic acids is 2. The quantitative estimate of drug-likeness (QED) is 0.514. The first-order valence-electron chi connectivity index (χ1n) is 11.4. The van der Waals surface area contributed by atoms with Crippen LogP contribution in [0.25, 0.3) is 10.9 Å². The maximum absolute atomic E-state index is 12.9. The van der Waals surface area contributed by atoms with Gasteiger partial charge in [0.05, 0.1) is 28.6 Å². The van der Waals surface area contributed by atoms with E-state index in [0.29, 0.717) is 23.7 Å². The number of fused-ring (bicyclic) bond motifs is 1. The largest absolute Gasteiger partial charge is 0.466 e. The standard InChI is InChI=1S/C26H28ClN3O3/c1-2-33-26(32)19-13-16-30(17-14-19)23-11-8-20-22(29-23)10-9-21(27)24(20)25(31)28-15-12-18-6-4-3-5-7-18/h3-11,19H,2,12-17H2,1H3,(H,28,31). The van der Waals surface area contributed by atoms with Crippen molar-refractivity contribution in [3.63, 3.8) is 0 Å². The molecule has 1 N–H and O–H groups in total. The fraction of sp³-hybridized carbons (Fsp3) is 0.346. The van der Waals surface area contributed by atoms with E-state index < -0.39 is 0 Å². The molecule has 1 aliphatic heterocycles. The zero-order chi connectivity index (χ0) is 23.2. The van der Waals surface area contributed by atoms with Gasteiger partial charge in [0, 0.05) is 25.0 Å². The first-order chi connectivity index (χ1) is 16.1. The number of nitrogens with zero attached hydrogens (tertiary/aromatic N) is 2. The van der Waals surface area contributed by atoms with Crippen molar-refractivity contribution in [1.82, 2.24) is 10.3 Å². The molecule has 7 heteroatoms. The summed E-state index contributed by atoms with van der Waals surface area (Å²) < 4.78 is 5.16. The Morgan fingerprint density at radius 2 is 1.85 bits per heavy atom. The lowest BCUT2D eigenvalue weighted by Crippen LogP contribution is -2.37. The number of esters is 1. The molecule has 1 fully saturated rings. The van der Waals surface area contributed by atoms with Crippen LogP contribution in [0.15, 0.2) is 54.6 Å². The van der Waals surface area contributed by atoms with E-state index in [-0.39, 0.29) is 17.8 Å². The maximum atomic E-state index is 12.9. The molecular weight excluding hydrogens is 438 g/mol. The average Bonchev–Trinajstić information content (AvgIpc) is 2.84. The zero-order valence-electron chi connectivity index (χ0n) is 18.7. The molecule has 0 radical (unpaired) electrons. The summed E-state index contributed by atoms with van der Waals surface area (Å²) in [5.41, 5.74) is 2.33. The maximum Gasteiger partial charge on any atom is 0.309 e. The fourth-order valence-electron chi connectivity index (χ4n) is 4.23. The van der Waals surface area contributed by atoms with Crippen molar-refractivity contribution in [3.05, 3.63) is 70.7 Å². The predicted molar refractivity (Wildman–Crippen MR) is 131 cm³/mol. The molecule has 1 aliphatic rings. The van der Waals surface area contributed by atoms with Crippen LogP contribution < -0.4 is 10.2 Å². The van der Waals surface area contributed by atoms with Crippen LogP contribution in [0.2, 0.25) is 5.02 Å². The highest BCUT2D eigenvalue weighted by atomic mass is 35.5. The summed E-state index contributed by atoms with van der Waals surface area (Å²) in [5.74, 6) is 0.474. The van der Waals surface area contributed by atoms with Crippen molar-refractivity contribution >= 4 is 40.2 Å². The molecule has 1 amide bonds. The molecule has 2 aromatic carbocycles. The van der Waals surface area contributed by atoms with Crippen LogP contribution in [0.4, 0.5) is 5.82 Å². The van der Waals surface area contributed by atoms with Crippen molar-refractivity contribution in [1.29, 1.82) is 0 Å². The summed E-state index contributed by atoms with van der Waals surface area (Å²) in [7, 11) is 0. The summed E-state index contributed by atoms with van der Waals surface area (Å²) in [6.45, 7) is 4.24. The molecule has 0 aliphatic carbocycles. The minimum Gasteiger partial charge on any atom is -0.466 e. The monoisotopic (exact) mass is 465 g/mol. The predicted octanol–water partition coefficient (Wildman–Crippen LogP) is 4.64. The summed E-state index contributed by atoms with van der Waals surface area (Å²) in [5, 5.41) is 4.11. The number of benzene rings is 2. The second kappa shape index (κ2) is 10.7. The Kier molecular flexibility index (Phi) is 7.45. The van der Waals surface area contributed by atoms with Crippen LogP contribution in [0.1, 0.15) is 35.7 Å². The van der Waals surface area contributed by atoms with Crippen molar-refractivity contribution < 1.29 is 14.3 Å². The van der Waals surface area contributed by atoms with Gasteiger partial charge in [-0.2, -0.15) is 0 Å². The molecule has 33 heavy (non-hydrogen) atoms. The summed E-state index contributed by atoms with van der Waals surface area (Å²) >= 11 is 6.41. The van der Waals surface area contributed by atoms with Gasteiger partial charge in [-0.15, -0.1) is 0 Å². The van der Waals surface area contributed by atoms with Gasteiger partial charge in [-0.05, 0) is 56.0 Å². The molecule has 0 saturated carbocycles. The van der Waals surface area contributed by atoms with E-state index in [9.17, 15) is 9.59 Å². The fourth-order valence-corrected chi connectivity index (χ4v) is 4.48. The van der Waals surface area contributed by atoms with Crippen molar-refractivity contribution in [2.45, 2.75) is 26.2 Å². The normalized spacial score (nSPS) is 14.3. The number of hydrogen-bond acceptors (Lipinski definition) is 5. The highest BCUT2D eigenvalue weighted by Crippen LogP contribution is 2.29. The number of nitrogens with one attached hydrogen (secondary N) is 1. The molecule has 0 atom stereocenters. The Hall–Kier alpha value is -3.12. The molecule has 6 nitrogen and oxygen atoms in total. The SMILES string of the molecule is CCOC(=O)C1CCN(c2ccc3c(C(=O)NCCc4ccccc4)c(Cl)ccc3n2)CC1. The number of aromatic nitrogens is 1. The number of halogens is 1. The summed E-state index contributed by atoms with van der Waals surface area (Å²) in [6, 6.07) is 17.4. The van der Waals surface area contributed by atoms with E-state index in [1.807, 2.05) is 55.5 Å². The highest BCUT2D eigenvalue weighted by Gasteiger charge is 2.27. The lowest BCUT2D eigenvalue weighted by molar-refractivity contribution is -0.148. The van der Waals surface area contributed by atoms with Crippen LogP contribution in [0.3, 0.4) is 0 Å². The second-order valence-corrected chi connectivity index (χ2v) is 8.57. The number of hydrogen-bond donors (Lipinski definition) is 1. The topological polar surface area (TPSA) is 71.5 Å². The molecular formula is C26H28ClN3O3. The molecule has 0 bridgehead atoms. The minimum absolute atomic E-state index is 0.0494. The van der Waals surface area contributed by atoms with Gasteiger partial charge in [0.15, 0.2) is 0 Å². The van der Waals surface area contributed by atoms with E-state index in [1.54, 1.807) is 6.07 Å². The summed E-state index contributed by atoms with van der Waals surface area (Å²) in [6.07, 6.45) is 2.24. The average molecular weight is 466 g/mol. The lowest BCUT2D eigenvalue weighted by Gasteiger charge is -2.31. The van der Waals surface area contributed by atoms with E-state index in [1.165, 1.54) is 5.56 Å². The molecule has 1 saturated heterocycles. The van der Waals surface area contributed by atoms with Gasteiger partial charge in [-0.3, -0.25) is 9.59 Å². The van der Waals surface area contributed by atoms with Gasteiger partial charge in [-0.1, -0.05) is 41.9 Å². The first-order valence-corrected chi connectivity index (χ1v) is 11.8. The number of ether oxygens (including phenoxy) is 1. The van der Waals surface area contributed by atoms with E-state index >= 15 is 0 Å². The first kappa shape index (κ1) is 23.1. The smallest absolute Gasteiger partial charge is 0.309 e. The molecule has 0 spiro atoms. The van der Waals surface area contributed by atoms with Gasteiger partial charge in [-0.25, -0.2) is 4.98 Å². The van der Waals surface area contributed by atoms with Crippen molar-refractivity contribution in [2.24, 2.45) is 5.92 Å². The van der Waals surface area contributed by atoms with E-state index in [4.69, 9.17) is 21.3 Å². The molecule has 2 heterocycles. The molecule has 1 aromatic heterocycles. The minimum atomic E-state index is -0.202. The van der Waals surface area contributed by atoms with Crippen LogP contribution in [-0.4, -0.2) is 43.1 Å². The second-order valence-electron chi connectivity index (χ2n) is 8.16. The highest BCUT2D eigenvalue weighted by molar-refractivity contribution is 6.35. The Balaban J connectivity index is 1.45. The number of rotatable bonds is 7. The molecule has 0 unspecified atom stereocenters. The number of pyridine rings is 1.